The van der Waals surface area contributed by atoms with Gasteiger partial charge in [-0.25, -0.2) is 0 Å². The minimum atomic E-state index is -3.63. The first-order valence-electron chi connectivity index (χ1n) is 9.52. The molecule has 0 N–H and O–H groups in total. The molecule has 3 aromatic rings. The minimum Gasteiger partial charge on any atom is -0.490 e. The summed E-state index contributed by atoms with van der Waals surface area (Å²) in [6.45, 7) is 3.78. The fourth-order valence-electron chi connectivity index (χ4n) is 3.35. The smallest absolute Gasteiger partial charge is 0.306 e. The fourth-order valence-corrected chi connectivity index (χ4v) is 3.84. The van der Waals surface area contributed by atoms with Crippen LogP contribution in [0, 0.1) is 11.3 Å². The lowest BCUT2D eigenvalue weighted by atomic mass is 10.0. The minimum absolute atomic E-state index is 0.0571. The van der Waals surface area contributed by atoms with Gasteiger partial charge in [0, 0.05) is 16.7 Å². The van der Waals surface area contributed by atoms with E-state index in [4.69, 9.17) is 13.4 Å². The van der Waals surface area contributed by atoms with E-state index in [2.05, 4.69) is 16.2 Å². The molecular weight excluding hydrogens is 418 g/mol. The highest BCUT2D eigenvalue weighted by Crippen LogP contribution is 2.36. The molecule has 0 unspecified atom stereocenters. The van der Waals surface area contributed by atoms with E-state index in [9.17, 15) is 13.7 Å². The highest BCUT2D eigenvalue weighted by Gasteiger charge is 2.24. The molecule has 1 aromatic heterocycles. The van der Waals surface area contributed by atoms with Crippen LogP contribution in [0.5, 0.6) is 5.75 Å². The molecule has 0 saturated heterocycles. The maximum atomic E-state index is 11.5. The van der Waals surface area contributed by atoms with Gasteiger partial charge in [-0.3, -0.25) is 0 Å². The zero-order valence-electron chi connectivity index (χ0n) is 17.1. The number of nitrogens with zero attached hydrogens (tertiary/aromatic N) is 3. The Morgan fingerprint density at radius 1 is 1.19 bits per heavy atom. The standard InChI is InChI=1S/C22H19N3O5S/c1-13(2)28-19-9-7-14(11-15(19)12-23)22-24-21(25-29-22)18-6-4-5-17-16(18)8-10-20(17)30-31(3,26)27/h4-7,9-11,13H,8H2,1-3H3. The second-order valence-electron chi connectivity index (χ2n) is 7.30. The molecule has 31 heavy (non-hydrogen) atoms. The number of allylic oxidation sites excluding steroid dienone is 1. The van der Waals surface area contributed by atoms with Crippen molar-refractivity contribution in [2.24, 2.45) is 0 Å². The van der Waals surface area contributed by atoms with E-state index in [1.165, 1.54) is 0 Å². The predicted molar refractivity (Wildman–Crippen MR) is 113 cm³/mol. The lowest BCUT2D eigenvalue weighted by molar-refractivity contribution is 0.241. The Morgan fingerprint density at radius 2 is 1.97 bits per heavy atom. The van der Waals surface area contributed by atoms with Crippen molar-refractivity contribution in [3.8, 4) is 34.7 Å². The highest BCUT2D eigenvalue weighted by molar-refractivity contribution is 7.86. The normalized spacial score (nSPS) is 12.9. The monoisotopic (exact) mass is 437 g/mol. The number of ether oxygens (including phenoxy) is 1. The molecule has 0 bridgehead atoms. The number of hydrogen-bond acceptors (Lipinski definition) is 8. The van der Waals surface area contributed by atoms with Gasteiger partial charge in [0.15, 0.2) is 0 Å². The van der Waals surface area contributed by atoms with Gasteiger partial charge in [-0.2, -0.15) is 18.7 Å². The summed E-state index contributed by atoms with van der Waals surface area (Å²) in [5.41, 5.74) is 3.22. The summed E-state index contributed by atoms with van der Waals surface area (Å²) in [5, 5.41) is 13.5. The van der Waals surface area contributed by atoms with Gasteiger partial charge in [-0.15, -0.1) is 0 Å². The number of aromatic nitrogens is 2. The Bertz CT molecular complexity index is 1330. The van der Waals surface area contributed by atoms with Gasteiger partial charge < -0.3 is 13.4 Å². The number of benzene rings is 2. The molecule has 0 spiro atoms. The average Bonchev–Trinajstić information content (AvgIpc) is 3.34. The van der Waals surface area contributed by atoms with Crippen LogP contribution in [-0.4, -0.2) is 30.9 Å². The Balaban J connectivity index is 1.66. The summed E-state index contributed by atoms with van der Waals surface area (Å²) in [7, 11) is -3.63. The van der Waals surface area contributed by atoms with Gasteiger partial charge in [-0.05, 0) is 50.1 Å². The third-order valence-electron chi connectivity index (χ3n) is 4.55. The van der Waals surface area contributed by atoms with Gasteiger partial charge in [0.1, 0.15) is 17.6 Å². The largest absolute Gasteiger partial charge is 0.490 e. The molecule has 2 aromatic carbocycles. The molecular formula is C22H19N3O5S. The van der Waals surface area contributed by atoms with Crippen molar-refractivity contribution in [2.75, 3.05) is 6.26 Å². The predicted octanol–water partition coefficient (Wildman–Crippen LogP) is 3.94. The fraction of sp³-hybridized carbons (Fsp3) is 0.227. The molecule has 0 amide bonds. The van der Waals surface area contributed by atoms with Crippen molar-refractivity contribution in [3.05, 3.63) is 59.2 Å². The van der Waals surface area contributed by atoms with E-state index in [1.807, 2.05) is 19.9 Å². The lowest BCUT2D eigenvalue weighted by Gasteiger charge is -2.11. The van der Waals surface area contributed by atoms with Crippen LogP contribution in [0.3, 0.4) is 0 Å². The zero-order chi connectivity index (χ0) is 22.2. The molecule has 1 heterocycles. The van der Waals surface area contributed by atoms with E-state index in [1.54, 1.807) is 36.4 Å². The van der Waals surface area contributed by atoms with Crippen LogP contribution in [0.1, 0.15) is 30.5 Å². The Morgan fingerprint density at radius 3 is 2.68 bits per heavy atom. The second kappa shape index (κ2) is 7.89. The molecule has 9 heteroatoms. The molecule has 1 aliphatic carbocycles. The van der Waals surface area contributed by atoms with Gasteiger partial charge in [-0.1, -0.05) is 23.4 Å². The lowest BCUT2D eigenvalue weighted by Crippen LogP contribution is -2.06. The summed E-state index contributed by atoms with van der Waals surface area (Å²) in [5.74, 6) is 1.41. The Labute approximate surface area is 179 Å². The van der Waals surface area contributed by atoms with Crippen LogP contribution in [0.2, 0.25) is 0 Å². The van der Waals surface area contributed by atoms with Gasteiger partial charge in [0.2, 0.25) is 5.82 Å². The second-order valence-corrected chi connectivity index (χ2v) is 8.88. The van der Waals surface area contributed by atoms with Crippen molar-refractivity contribution < 1.29 is 21.9 Å². The average molecular weight is 437 g/mol. The summed E-state index contributed by atoms with van der Waals surface area (Å²) in [6.07, 6.45) is 3.15. The van der Waals surface area contributed by atoms with Crippen LogP contribution in [0.4, 0.5) is 0 Å². The SMILES string of the molecule is CC(C)Oc1ccc(-c2nc(-c3cccc4c3CC=C4OS(C)(=O)=O)no2)cc1C#N. The summed E-state index contributed by atoms with van der Waals surface area (Å²) < 4.78 is 39.2. The van der Waals surface area contributed by atoms with Crippen molar-refractivity contribution in [3.63, 3.8) is 0 Å². The van der Waals surface area contributed by atoms with Crippen molar-refractivity contribution in [1.82, 2.24) is 10.1 Å². The van der Waals surface area contributed by atoms with E-state index in [-0.39, 0.29) is 12.0 Å². The van der Waals surface area contributed by atoms with E-state index < -0.39 is 10.1 Å². The van der Waals surface area contributed by atoms with Crippen LogP contribution in [-0.2, 0) is 20.7 Å². The van der Waals surface area contributed by atoms with E-state index in [0.717, 1.165) is 17.4 Å². The molecule has 158 valence electrons. The molecule has 4 rings (SSSR count). The van der Waals surface area contributed by atoms with Crippen LogP contribution >= 0.6 is 0 Å². The summed E-state index contributed by atoms with van der Waals surface area (Å²) in [6, 6.07) is 12.6. The topological polar surface area (TPSA) is 115 Å². The molecule has 0 aliphatic heterocycles. The van der Waals surface area contributed by atoms with Crippen molar-refractivity contribution >= 4 is 15.9 Å². The number of hydrogen-bond donors (Lipinski definition) is 0. The van der Waals surface area contributed by atoms with Gasteiger partial charge in [0.25, 0.3) is 5.89 Å². The molecule has 0 saturated carbocycles. The van der Waals surface area contributed by atoms with E-state index >= 15 is 0 Å². The molecule has 1 aliphatic rings. The maximum absolute atomic E-state index is 11.5. The number of fused-ring (bicyclic) bond motifs is 1. The van der Waals surface area contributed by atoms with Crippen molar-refractivity contribution in [1.29, 1.82) is 5.26 Å². The molecule has 0 atom stereocenters. The quantitative estimate of drug-likeness (QED) is 0.533. The molecule has 0 radical (unpaired) electrons. The summed E-state index contributed by atoms with van der Waals surface area (Å²) >= 11 is 0. The van der Waals surface area contributed by atoms with E-state index in [0.29, 0.717) is 40.4 Å². The Kier molecular flexibility index (Phi) is 5.25. The van der Waals surface area contributed by atoms with Crippen LogP contribution in [0.25, 0.3) is 28.6 Å². The third kappa shape index (κ3) is 4.29. The third-order valence-corrected chi connectivity index (χ3v) is 5.03. The first kappa shape index (κ1) is 20.6. The molecule has 0 fully saturated rings. The molecule has 8 nitrogen and oxygen atoms in total. The maximum Gasteiger partial charge on any atom is 0.306 e. The number of rotatable bonds is 6. The van der Waals surface area contributed by atoms with Gasteiger partial charge in [0.05, 0.1) is 17.9 Å². The van der Waals surface area contributed by atoms with Crippen LogP contribution in [0.15, 0.2) is 47.0 Å². The highest BCUT2D eigenvalue weighted by atomic mass is 32.2. The first-order valence-corrected chi connectivity index (χ1v) is 11.3. The zero-order valence-corrected chi connectivity index (χ0v) is 17.9. The van der Waals surface area contributed by atoms with Crippen molar-refractivity contribution in [2.45, 2.75) is 26.4 Å². The summed E-state index contributed by atoms with van der Waals surface area (Å²) in [4.78, 5) is 4.48. The number of nitriles is 1. The first-order chi connectivity index (χ1) is 14.7. The van der Waals surface area contributed by atoms with Gasteiger partial charge >= 0.3 is 10.1 Å². The van der Waals surface area contributed by atoms with Crippen LogP contribution < -0.4 is 4.74 Å². The Hall–Kier alpha value is -3.64.